The van der Waals surface area contributed by atoms with Gasteiger partial charge in [-0.15, -0.1) is 0 Å². The van der Waals surface area contributed by atoms with E-state index in [0.717, 1.165) is 16.9 Å². The molecule has 1 aromatic carbocycles. The monoisotopic (exact) mass is 256 g/mol. The first kappa shape index (κ1) is 13.0. The van der Waals surface area contributed by atoms with Crippen molar-refractivity contribution in [2.24, 2.45) is 0 Å². The van der Waals surface area contributed by atoms with Crippen molar-refractivity contribution in [2.45, 2.75) is 19.9 Å². The van der Waals surface area contributed by atoms with E-state index in [2.05, 4.69) is 20.6 Å². The van der Waals surface area contributed by atoms with Crippen molar-refractivity contribution in [3.8, 4) is 0 Å². The zero-order valence-electron chi connectivity index (χ0n) is 10.8. The normalized spacial score (nSPS) is 9.95. The van der Waals surface area contributed by atoms with Crippen LogP contribution in [0.2, 0.25) is 0 Å². The number of rotatable bonds is 5. The van der Waals surface area contributed by atoms with E-state index in [4.69, 9.17) is 0 Å². The number of nitrogens with one attached hydrogen (secondary N) is 2. The van der Waals surface area contributed by atoms with Crippen molar-refractivity contribution in [1.29, 1.82) is 0 Å². The molecule has 2 N–H and O–H groups in total. The maximum absolute atomic E-state index is 11.2. The summed E-state index contributed by atoms with van der Waals surface area (Å²) in [6.45, 7) is 2.49. The van der Waals surface area contributed by atoms with Gasteiger partial charge in [0.15, 0.2) is 0 Å². The zero-order valence-corrected chi connectivity index (χ0v) is 10.8. The number of benzene rings is 1. The lowest BCUT2D eigenvalue weighted by Gasteiger charge is -2.08. The lowest BCUT2D eigenvalue weighted by molar-refractivity contribution is -0.115. The van der Waals surface area contributed by atoms with E-state index in [0.29, 0.717) is 13.0 Å². The van der Waals surface area contributed by atoms with E-state index in [1.165, 1.54) is 6.33 Å². The third-order valence-electron chi connectivity index (χ3n) is 2.60. The summed E-state index contributed by atoms with van der Waals surface area (Å²) in [6, 6.07) is 7.60. The molecule has 0 aliphatic carbocycles. The molecular formula is C14H16N4O. The molecule has 1 aromatic heterocycles. The molecule has 2 aromatic rings. The molecule has 0 aliphatic rings. The van der Waals surface area contributed by atoms with Gasteiger partial charge in [0.2, 0.25) is 5.91 Å². The third kappa shape index (κ3) is 4.06. The highest BCUT2D eigenvalue weighted by Gasteiger charge is 1.99. The lowest BCUT2D eigenvalue weighted by atomic mass is 10.2. The average molecular weight is 256 g/mol. The highest BCUT2D eigenvalue weighted by molar-refractivity contribution is 5.90. The second-order valence-corrected chi connectivity index (χ2v) is 4.08. The van der Waals surface area contributed by atoms with Gasteiger partial charge in [0, 0.05) is 42.3 Å². The number of carbonyl (C=O) groups excluding carboxylic acids is 1. The number of aromatic nitrogens is 2. The SMILES string of the molecule is CCC(=O)Nc1ccc(NCc2cncnc2)cc1. The van der Waals surface area contributed by atoms with Gasteiger partial charge >= 0.3 is 0 Å². The molecule has 1 amide bonds. The summed E-state index contributed by atoms with van der Waals surface area (Å²) in [5, 5.41) is 6.07. The quantitative estimate of drug-likeness (QED) is 0.862. The Labute approximate surface area is 112 Å². The van der Waals surface area contributed by atoms with Crippen LogP contribution in [0.15, 0.2) is 43.0 Å². The summed E-state index contributed by atoms with van der Waals surface area (Å²) >= 11 is 0. The highest BCUT2D eigenvalue weighted by atomic mass is 16.1. The van der Waals surface area contributed by atoms with Crippen molar-refractivity contribution in [3.05, 3.63) is 48.5 Å². The van der Waals surface area contributed by atoms with Crippen LogP contribution in [-0.4, -0.2) is 15.9 Å². The average Bonchev–Trinajstić information content (AvgIpc) is 2.47. The third-order valence-corrected chi connectivity index (χ3v) is 2.60. The van der Waals surface area contributed by atoms with E-state index >= 15 is 0 Å². The molecule has 0 saturated carbocycles. The Balaban J connectivity index is 1.90. The Morgan fingerprint density at radius 3 is 2.37 bits per heavy atom. The Morgan fingerprint density at radius 1 is 1.11 bits per heavy atom. The molecule has 0 fully saturated rings. The predicted octanol–water partition coefficient (Wildman–Crippen LogP) is 2.44. The molecular weight excluding hydrogens is 240 g/mol. The molecule has 0 bridgehead atoms. The van der Waals surface area contributed by atoms with Gasteiger partial charge in [0.05, 0.1) is 0 Å². The smallest absolute Gasteiger partial charge is 0.224 e. The van der Waals surface area contributed by atoms with Crippen LogP contribution in [0.3, 0.4) is 0 Å². The van der Waals surface area contributed by atoms with Gasteiger partial charge in [-0.2, -0.15) is 0 Å². The van der Waals surface area contributed by atoms with Gasteiger partial charge in [-0.3, -0.25) is 4.79 Å². The van der Waals surface area contributed by atoms with E-state index in [-0.39, 0.29) is 5.91 Å². The van der Waals surface area contributed by atoms with Crippen LogP contribution < -0.4 is 10.6 Å². The van der Waals surface area contributed by atoms with E-state index in [1.807, 2.05) is 31.2 Å². The topological polar surface area (TPSA) is 66.9 Å². The molecule has 5 nitrogen and oxygen atoms in total. The van der Waals surface area contributed by atoms with Gasteiger partial charge < -0.3 is 10.6 Å². The molecule has 19 heavy (non-hydrogen) atoms. The molecule has 98 valence electrons. The van der Waals surface area contributed by atoms with Gasteiger partial charge in [0.25, 0.3) is 0 Å². The lowest BCUT2D eigenvalue weighted by Crippen LogP contribution is -2.09. The second kappa shape index (κ2) is 6.49. The van der Waals surface area contributed by atoms with Crippen LogP contribution in [0.4, 0.5) is 11.4 Å². The second-order valence-electron chi connectivity index (χ2n) is 4.08. The molecule has 0 radical (unpaired) electrons. The molecule has 5 heteroatoms. The van der Waals surface area contributed by atoms with Crippen molar-refractivity contribution < 1.29 is 4.79 Å². The minimum Gasteiger partial charge on any atom is -0.381 e. The van der Waals surface area contributed by atoms with Crippen LogP contribution >= 0.6 is 0 Å². The van der Waals surface area contributed by atoms with E-state index in [1.54, 1.807) is 12.4 Å². The highest BCUT2D eigenvalue weighted by Crippen LogP contribution is 2.14. The number of amides is 1. The number of nitrogens with zero attached hydrogens (tertiary/aromatic N) is 2. The van der Waals surface area contributed by atoms with Crippen molar-refractivity contribution in [2.75, 3.05) is 10.6 Å². The van der Waals surface area contributed by atoms with E-state index in [9.17, 15) is 4.79 Å². The zero-order chi connectivity index (χ0) is 13.5. The molecule has 0 aliphatic heterocycles. The standard InChI is InChI=1S/C14H16N4O/c1-2-14(19)18-13-5-3-12(4-6-13)17-9-11-7-15-10-16-8-11/h3-8,10,17H,2,9H2,1H3,(H,18,19). The van der Waals surface area contributed by atoms with Crippen molar-refractivity contribution in [3.63, 3.8) is 0 Å². The molecule has 2 rings (SSSR count). The Kier molecular flexibility index (Phi) is 4.44. The first-order valence-corrected chi connectivity index (χ1v) is 6.15. The largest absolute Gasteiger partial charge is 0.381 e. The summed E-state index contributed by atoms with van der Waals surface area (Å²) in [4.78, 5) is 19.1. The maximum Gasteiger partial charge on any atom is 0.224 e. The first-order chi connectivity index (χ1) is 9.28. The fourth-order valence-electron chi connectivity index (χ4n) is 1.55. The molecule has 0 unspecified atom stereocenters. The minimum absolute atomic E-state index is 0.0159. The van der Waals surface area contributed by atoms with Crippen LogP contribution in [-0.2, 0) is 11.3 Å². The van der Waals surface area contributed by atoms with Crippen molar-refractivity contribution >= 4 is 17.3 Å². The summed E-state index contributed by atoms with van der Waals surface area (Å²) < 4.78 is 0. The van der Waals surface area contributed by atoms with Gasteiger partial charge in [-0.25, -0.2) is 9.97 Å². The minimum atomic E-state index is 0.0159. The van der Waals surface area contributed by atoms with Gasteiger partial charge in [0.1, 0.15) is 6.33 Å². The molecule has 1 heterocycles. The Bertz CT molecular complexity index is 525. The Hall–Kier alpha value is -2.43. The molecule has 0 atom stereocenters. The van der Waals surface area contributed by atoms with Gasteiger partial charge in [-0.1, -0.05) is 6.92 Å². The summed E-state index contributed by atoms with van der Waals surface area (Å²) in [5.74, 6) is 0.0159. The number of hydrogen-bond donors (Lipinski definition) is 2. The number of anilines is 2. The van der Waals surface area contributed by atoms with Crippen LogP contribution in [0.5, 0.6) is 0 Å². The molecule has 0 spiro atoms. The van der Waals surface area contributed by atoms with Crippen molar-refractivity contribution in [1.82, 2.24) is 9.97 Å². The summed E-state index contributed by atoms with van der Waals surface area (Å²) in [5.41, 5.74) is 2.81. The summed E-state index contributed by atoms with van der Waals surface area (Å²) in [6.07, 6.45) is 5.54. The van der Waals surface area contributed by atoms with E-state index < -0.39 is 0 Å². The van der Waals surface area contributed by atoms with Crippen LogP contribution in [0.1, 0.15) is 18.9 Å². The fourth-order valence-corrected chi connectivity index (χ4v) is 1.55. The number of hydrogen-bond acceptors (Lipinski definition) is 4. The molecule has 0 saturated heterocycles. The first-order valence-electron chi connectivity index (χ1n) is 6.15. The maximum atomic E-state index is 11.2. The van der Waals surface area contributed by atoms with Gasteiger partial charge in [-0.05, 0) is 24.3 Å². The Morgan fingerprint density at radius 2 is 1.74 bits per heavy atom. The predicted molar refractivity (Wildman–Crippen MR) is 74.7 cm³/mol. The van der Waals surface area contributed by atoms with Crippen LogP contribution in [0.25, 0.3) is 0 Å². The fraction of sp³-hybridized carbons (Fsp3) is 0.214. The summed E-state index contributed by atoms with van der Waals surface area (Å²) in [7, 11) is 0. The number of carbonyl (C=O) groups is 1. The van der Waals surface area contributed by atoms with Crippen LogP contribution in [0, 0.1) is 0 Å².